The summed E-state index contributed by atoms with van der Waals surface area (Å²) < 4.78 is 5.55. The summed E-state index contributed by atoms with van der Waals surface area (Å²) in [6.07, 6.45) is 2.91. The lowest BCUT2D eigenvalue weighted by atomic mass is 10.1. The Morgan fingerprint density at radius 2 is 2.04 bits per heavy atom. The van der Waals surface area contributed by atoms with E-state index in [1.165, 1.54) is 12.4 Å². The van der Waals surface area contributed by atoms with Gasteiger partial charge in [-0.05, 0) is 17.7 Å². The van der Waals surface area contributed by atoms with Crippen molar-refractivity contribution in [2.45, 2.75) is 26.4 Å². The van der Waals surface area contributed by atoms with Crippen LogP contribution in [0.4, 0.5) is 17.5 Å². The number of methoxy groups -OCH3 is 1. The molecule has 0 saturated heterocycles. The topological polar surface area (TPSA) is 92.1 Å². The number of nitrogens with zero attached hydrogens (tertiary/aromatic N) is 4. The van der Waals surface area contributed by atoms with Crippen LogP contribution in [0.15, 0.2) is 36.7 Å². The van der Waals surface area contributed by atoms with Gasteiger partial charge in [-0.3, -0.25) is 5.10 Å². The zero-order valence-electron chi connectivity index (χ0n) is 15.4. The van der Waals surface area contributed by atoms with E-state index < -0.39 is 0 Å². The molecule has 8 heteroatoms. The minimum absolute atomic E-state index is 0.250. The van der Waals surface area contributed by atoms with E-state index in [-0.39, 0.29) is 5.82 Å². The van der Waals surface area contributed by atoms with Crippen LogP contribution in [0.5, 0.6) is 5.75 Å². The van der Waals surface area contributed by atoms with Gasteiger partial charge in [0.25, 0.3) is 5.82 Å². The molecule has 2 aromatic heterocycles. The summed E-state index contributed by atoms with van der Waals surface area (Å²) in [5.74, 6) is 2.14. The highest BCUT2D eigenvalue weighted by atomic mass is 16.5. The first kappa shape index (κ1) is 18.4. The molecular weight excluding hydrogens is 342 g/mol. The maximum absolute atomic E-state index is 6.90. The van der Waals surface area contributed by atoms with Crippen molar-refractivity contribution in [3.63, 3.8) is 0 Å². The molecule has 8 nitrogen and oxygen atoms in total. The van der Waals surface area contributed by atoms with E-state index in [2.05, 4.69) is 55.6 Å². The molecule has 27 heavy (non-hydrogen) atoms. The van der Waals surface area contributed by atoms with Crippen molar-refractivity contribution in [1.82, 2.24) is 25.5 Å². The zero-order chi connectivity index (χ0) is 19.2. The van der Waals surface area contributed by atoms with Gasteiger partial charge in [-0.25, -0.2) is 4.98 Å². The molecule has 1 aromatic carbocycles. The molecule has 2 heterocycles. The first-order valence-electron chi connectivity index (χ1n) is 8.51. The maximum atomic E-state index is 6.90. The standard InChI is InChI=1S/C19H21N7O/c1-12(2)21-9-13-5-6-14(16(7-13)27-4)15-8-17(26-25-15)24-19-11-22-18(20-3)10-23-19/h5-8,10-12,21H,9H2,1-2,4H3,(H2,23,24,25,26). The molecule has 3 rings (SSSR count). The molecule has 0 aliphatic heterocycles. The largest absolute Gasteiger partial charge is 0.496 e. The van der Waals surface area contributed by atoms with Crippen molar-refractivity contribution in [2.24, 2.45) is 0 Å². The van der Waals surface area contributed by atoms with Crippen LogP contribution in [0.25, 0.3) is 16.1 Å². The van der Waals surface area contributed by atoms with Gasteiger partial charge in [0.05, 0.1) is 19.0 Å². The Hall–Kier alpha value is -3.44. The lowest BCUT2D eigenvalue weighted by molar-refractivity contribution is 0.415. The first-order chi connectivity index (χ1) is 13.1. The molecular formula is C19H21N7O. The smallest absolute Gasteiger partial charge is 0.288 e. The number of hydrogen-bond donors (Lipinski definition) is 3. The Morgan fingerprint density at radius 3 is 2.70 bits per heavy atom. The maximum Gasteiger partial charge on any atom is 0.288 e. The predicted octanol–water partition coefficient (Wildman–Crippen LogP) is 3.67. The molecule has 0 fully saturated rings. The lowest BCUT2D eigenvalue weighted by Gasteiger charge is -2.11. The highest BCUT2D eigenvalue weighted by molar-refractivity contribution is 5.71. The van der Waals surface area contributed by atoms with Gasteiger partial charge in [-0.1, -0.05) is 26.5 Å². The minimum Gasteiger partial charge on any atom is -0.496 e. The number of aromatic amines is 1. The van der Waals surface area contributed by atoms with E-state index in [0.29, 0.717) is 17.7 Å². The summed E-state index contributed by atoms with van der Waals surface area (Å²) in [4.78, 5) is 11.3. The lowest BCUT2D eigenvalue weighted by Crippen LogP contribution is -2.21. The van der Waals surface area contributed by atoms with Crippen LogP contribution < -0.4 is 15.4 Å². The number of nitrogens with one attached hydrogen (secondary N) is 3. The predicted molar refractivity (Wildman–Crippen MR) is 104 cm³/mol. The summed E-state index contributed by atoms with van der Waals surface area (Å²) >= 11 is 0. The molecule has 3 N–H and O–H groups in total. The average molecular weight is 363 g/mol. The van der Waals surface area contributed by atoms with Crippen LogP contribution in [0, 0.1) is 6.57 Å². The third-order valence-corrected chi connectivity index (χ3v) is 3.86. The number of H-pyrrole nitrogens is 1. The summed E-state index contributed by atoms with van der Waals surface area (Å²) in [5.41, 5.74) is 2.89. The van der Waals surface area contributed by atoms with Gasteiger partial charge in [-0.15, -0.1) is 4.98 Å². The normalized spacial score (nSPS) is 10.6. The minimum atomic E-state index is 0.250. The molecule has 0 unspecified atom stereocenters. The Labute approximate surface area is 157 Å². The second-order valence-electron chi connectivity index (χ2n) is 6.23. The van der Waals surface area contributed by atoms with E-state index in [9.17, 15) is 0 Å². The summed E-state index contributed by atoms with van der Waals surface area (Å²) in [7, 11) is 1.66. The van der Waals surface area contributed by atoms with Crippen molar-refractivity contribution < 1.29 is 4.74 Å². The van der Waals surface area contributed by atoms with Crippen LogP contribution in [-0.4, -0.2) is 33.3 Å². The fourth-order valence-electron chi connectivity index (χ4n) is 2.49. The van der Waals surface area contributed by atoms with Crippen molar-refractivity contribution in [3.05, 3.63) is 53.6 Å². The van der Waals surface area contributed by atoms with Gasteiger partial charge < -0.3 is 20.2 Å². The quantitative estimate of drug-likeness (QED) is 0.555. The fourth-order valence-corrected chi connectivity index (χ4v) is 2.49. The van der Waals surface area contributed by atoms with Crippen LogP contribution in [-0.2, 0) is 6.54 Å². The van der Waals surface area contributed by atoms with Gasteiger partial charge in [-0.2, -0.15) is 5.10 Å². The van der Waals surface area contributed by atoms with Crippen LogP contribution >= 0.6 is 0 Å². The highest BCUT2D eigenvalue weighted by Gasteiger charge is 2.11. The zero-order valence-corrected chi connectivity index (χ0v) is 15.4. The number of anilines is 2. The van der Waals surface area contributed by atoms with Crippen molar-refractivity contribution in [2.75, 3.05) is 12.4 Å². The number of aromatic nitrogens is 4. The Balaban J connectivity index is 1.77. The Bertz CT molecular complexity index is 941. The molecule has 3 aromatic rings. The monoisotopic (exact) mass is 363 g/mol. The third kappa shape index (κ3) is 4.59. The fraction of sp³-hybridized carbons (Fsp3) is 0.263. The first-order valence-corrected chi connectivity index (χ1v) is 8.51. The van der Waals surface area contributed by atoms with E-state index in [4.69, 9.17) is 11.3 Å². The van der Waals surface area contributed by atoms with E-state index in [1.807, 2.05) is 18.2 Å². The molecule has 0 amide bonds. The molecule has 0 bridgehead atoms. The Kier molecular flexibility index (Phi) is 5.64. The van der Waals surface area contributed by atoms with Gasteiger partial charge in [0.2, 0.25) is 0 Å². The van der Waals surface area contributed by atoms with E-state index >= 15 is 0 Å². The molecule has 138 valence electrons. The average Bonchev–Trinajstić information content (AvgIpc) is 3.15. The molecule has 0 radical (unpaired) electrons. The molecule has 0 aliphatic carbocycles. The van der Waals surface area contributed by atoms with Gasteiger partial charge in [0.1, 0.15) is 5.75 Å². The van der Waals surface area contributed by atoms with Crippen LogP contribution in [0.3, 0.4) is 0 Å². The summed E-state index contributed by atoms with van der Waals surface area (Å²) in [6.45, 7) is 11.9. The van der Waals surface area contributed by atoms with Crippen molar-refractivity contribution >= 4 is 17.5 Å². The van der Waals surface area contributed by atoms with Crippen molar-refractivity contribution in [3.8, 4) is 17.0 Å². The van der Waals surface area contributed by atoms with Crippen LogP contribution in [0.2, 0.25) is 0 Å². The molecule has 0 saturated carbocycles. The van der Waals surface area contributed by atoms with E-state index in [1.54, 1.807) is 7.11 Å². The van der Waals surface area contributed by atoms with Gasteiger partial charge >= 0.3 is 0 Å². The Morgan fingerprint density at radius 1 is 1.19 bits per heavy atom. The number of hydrogen-bond acceptors (Lipinski definition) is 6. The summed E-state index contributed by atoms with van der Waals surface area (Å²) in [5, 5.41) is 13.7. The number of ether oxygens (including phenoxy) is 1. The third-order valence-electron chi connectivity index (χ3n) is 3.86. The summed E-state index contributed by atoms with van der Waals surface area (Å²) in [6, 6.07) is 8.39. The molecule has 0 spiro atoms. The number of rotatable bonds is 7. The SMILES string of the molecule is [C-]#[N+]c1cnc(Nc2cc(-c3ccc(CNC(C)C)cc3OC)[nH]n2)cn1. The second kappa shape index (κ2) is 8.29. The second-order valence-corrected chi connectivity index (χ2v) is 6.23. The van der Waals surface area contributed by atoms with Gasteiger partial charge in [0.15, 0.2) is 17.8 Å². The van der Waals surface area contributed by atoms with E-state index in [0.717, 1.165) is 29.1 Å². The number of benzene rings is 1. The van der Waals surface area contributed by atoms with Gasteiger partial charge in [0, 0.05) is 24.2 Å². The van der Waals surface area contributed by atoms with Crippen molar-refractivity contribution in [1.29, 1.82) is 0 Å². The molecule has 0 atom stereocenters. The molecule has 0 aliphatic rings. The van der Waals surface area contributed by atoms with Crippen LogP contribution in [0.1, 0.15) is 19.4 Å². The highest BCUT2D eigenvalue weighted by Crippen LogP contribution is 2.31.